The fourth-order valence-electron chi connectivity index (χ4n) is 1.67. The highest BCUT2D eigenvalue weighted by Crippen LogP contribution is 2.20. The highest BCUT2D eigenvalue weighted by molar-refractivity contribution is 9.10. The lowest BCUT2D eigenvalue weighted by molar-refractivity contribution is 0.590. The summed E-state index contributed by atoms with van der Waals surface area (Å²) in [7, 11) is 0. The first kappa shape index (κ1) is 10.3. The Morgan fingerprint density at radius 2 is 2.43 bits per heavy atom. The molecule has 1 atom stereocenters. The molecule has 0 radical (unpaired) electrons. The van der Waals surface area contributed by atoms with Crippen molar-refractivity contribution in [2.24, 2.45) is 0 Å². The summed E-state index contributed by atoms with van der Waals surface area (Å²) in [6.07, 6.45) is 3.41. The molecule has 0 amide bonds. The quantitative estimate of drug-likeness (QED) is 0.900. The van der Waals surface area contributed by atoms with Gasteiger partial charge in [-0.15, -0.1) is 5.10 Å². The SMILES string of the molecule is Clc1nnc(CC2CCCN2)cc1Br. The molecule has 1 aromatic heterocycles. The summed E-state index contributed by atoms with van der Waals surface area (Å²) in [5.41, 5.74) is 0.987. The van der Waals surface area contributed by atoms with Gasteiger partial charge in [-0.3, -0.25) is 0 Å². The van der Waals surface area contributed by atoms with Crippen LogP contribution in [0.1, 0.15) is 18.5 Å². The molecule has 1 aliphatic heterocycles. The van der Waals surface area contributed by atoms with Crippen LogP contribution < -0.4 is 5.32 Å². The standard InChI is InChI=1S/C9H11BrClN3/c10-8-5-7(13-14-9(8)11)4-6-2-1-3-12-6/h5-6,12H,1-4H2. The molecular weight excluding hydrogens is 265 g/mol. The predicted octanol–water partition coefficient (Wildman–Crippen LogP) is 2.19. The van der Waals surface area contributed by atoms with Crippen LogP contribution in [0.2, 0.25) is 5.15 Å². The van der Waals surface area contributed by atoms with Crippen molar-refractivity contribution in [3.05, 3.63) is 21.4 Å². The molecule has 3 nitrogen and oxygen atoms in total. The molecule has 76 valence electrons. The Hall–Kier alpha value is -0.190. The number of nitrogens with zero attached hydrogens (tertiary/aromatic N) is 2. The number of rotatable bonds is 2. The second-order valence-electron chi connectivity index (χ2n) is 3.47. The fraction of sp³-hybridized carbons (Fsp3) is 0.556. The van der Waals surface area contributed by atoms with Crippen LogP contribution in [0.15, 0.2) is 10.5 Å². The summed E-state index contributed by atoms with van der Waals surface area (Å²) in [4.78, 5) is 0. The number of hydrogen-bond donors (Lipinski definition) is 1. The summed E-state index contributed by atoms with van der Waals surface area (Å²) in [5.74, 6) is 0. The van der Waals surface area contributed by atoms with Crippen molar-refractivity contribution < 1.29 is 0 Å². The van der Waals surface area contributed by atoms with E-state index in [4.69, 9.17) is 11.6 Å². The normalized spacial score (nSPS) is 21.4. The molecule has 1 fully saturated rings. The van der Waals surface area contributed by atoms with Crippen molar-refractivity contribution in [2.45, 2.75) is 25.3 Å². The molecule has 2 heterocycles. The third-order valence-electron chi connectivity index (χ3n) is 2.37. The Morgan fingerprint density at radius 3 is 3.07 bits per heavy atom. The minimum absolute atomic E-state index is 0.424. The van der Waals surface area contributed by atoms with Gasteiger partial charge in [0.05, 0.1) is 10.2 Å². The summed E-state index contributed by atoms with van der Waals surface area (Å²) in [6, 6.07) is 2.49. The maximum absolute atomic E-state index is 5.76. The monoisotopic (exact) mass is 275 g/mol. The van der Waals surface area contributed by atoms with Crippen molar-refractivity contribution >= 4 is 27.5 Å². The van der Waals surface area contributed by atoms with E-state index >= 15 is 0 Å². The summed E-state index contributed by atoms with van der Waals surface area (Å²) >= 11 is 9.10. The zero-order valence-corrected chi connectivity index (χ0v) is 9.98. The molecule has 1 saturated heterocycles. The Bertz CT molecular complexity index is 326. The fourth-order valence-corrected chi connectivity index (χ4v) is 2.11. The van der Waals surface area contributed by atoms with E-state index in [0.29, 0.717) is 11.2 Å². The van der Waals surface area contributed by atoms with Crippen LogP contribution in [-0.4, -0.2) is 22.8 Å². The Morgan fingerprint density at radius 1 is 1.57 bits per heavy atom. The molecule has 1 N–H and O–H groups in total. The number of nitrogens with one attached hydrogen (secondary N) is 1. The predicted molar refractivity (Wildman–Crippen MR) is 59.5 cm³/mol. The minimum atomic E-state index is 0.424. The topological polar surface area (TPSA) is 37.8 Å². The zero-order valence-electron chi connectivity index (χ0n) is 7.63. The van der Waals surface area contributed by atoms with E-state index in [1.165, 1.54) is 12.8 Å². The molecular formula is C9H11BrClN3. The third-order valence-corrected chi connectivity index (χ3v) is 3.49. The Balaban J connectivity index is 2.05. The van der Waals surface area contributed by atoms with E-state index in [1.54, 1.807) is 0 Å². The Labute approximate surface area is 96.4 Å². The van der Waals surface area contributed by atoms with Gasteiger partial charge in [-0.1, -0.05) is 11.6 Å². The van der Waals surface area contributed by atoms with Gasteiger partial charge in [-0.05, 0) is 41.4 Å². The molecule has 0 bridgehead atoms. The maximum Gasteiger partial charge on any atom is 0.165 e. The van der Waals surface area contributed by atoms with Crippen LogP contribution in [0.3, 0.4) is 0 Å². The molecule has 1 aromatic rings. The van der Waals surface area contributed by atoms with Gasteiger partial charge in [0.15, 0.2) is 5.15 Å². The van der Waals surface area contributed by atoms with Gasteiger partial charge in [0.2, 0.25) is 0 Å². The molecule has 14 heavy (non-hydrogen) atoms. The second kappa shape index (κ2) is 4.55. The number of halogens is 2. The number of aromatic nitrogens is 2. The maximum atomic E-state index is 5.76. The lowest BCUT2D eigenvalue weighted by Crippen LogP contribution is -2.24. The van der Waals surface area contributed by atoms with Gasteiger partial charge in [-0.25, -0.2) is 0 Å². The van der Waals surface area contributed by atoms with Crippen molar-refractivity contribution in [1.29, 1.82) is 0 Å². The van der Waals surface area contributed by atoms with Crippen molar-refractivity contribution in [3.63, 3.8) is 0 Å². The first-order chi connectivity index (χ1) is 6.75. The van der Waals surface area contributed by atoms with E-state index in [0.717, 1.165) is 23.1 Å². The van der Waals surface area contributed by atoms with Crippen molar-refractivity contribution in [1.82, 2.24) is 15.5 Å². The molecule has 0 aliphatic carbocycles. The third kappa shape index (κ3) is 2.43. The van der Waals surface area contributed by atoms with E-state index in [-0.39, 0.29) is 0 Å². The van der Waals surface area contributed by atoms with Gasteiger partial charge in [-0.2, -0.15) is 5.10 Å². The first-order valence-electron chi connectivity index (χ1n) is 4.66. The first-order valence-corrected chi connectivity index (χ1v) is 5.84. The number of hydrogen-bond acceptors (Lipinski definition) is 3. The molecule has 1 aliphatic rings. The van der Waals surface area contributed by atoms with Gasteiger partial charge in [0, 0.05) is 12.5 Å². The average Bonchev–Trinajstić information content (AvgIpc) is 2.64. The Kier molecular flexibility index (Phi) is 3.36. The van der Waals surface area contributed by atoms with E-state index in [9.17, 15) is 0 Å². The zero-order chi connectivity index (χ0) is 9.97. The summed E-state index contributed by atoms with van der Waals surface area (Å²) in [6.45, 7) is 1.12. The van der Waals surface area contributed by atoms with E-state index in [1.807, 2.05) is 6.07 Å². The van der Waals surface area contributed by atoms with Gasteiger partial charge < -0.3 is 5.32 Å². The van der Waals surface area contributed by atoms with E-state index in [2.05, 4.69) is 31.4 Å². The van der Waals surface area contributed by atoms with Crippen molar-refractivity contribution in [2.75, 3.05) is 6.54 Å². The molecule has 5 heteroatoms. The minimum Gasteiger partial charge on any atom is -0.314 e. The van der Waals surface area contributed by atoms with Crippen LogP contribution in [0, 0.1) is 0 Å². The molecule has 1 unspecified atom stereocenters. The molecule has 0 aromatic carbocycles. The summed E-state index contributed by atoms with van der Waals surface area (Å²) in [5, 5.41) is 11.8. The molecule has 0 saturated carbocycles. The van der Waals surface area contributed by atoms with Gasteiger partial charge in [0.1, 0.15) is 0 Å². The van der Waals surface area contributed by atoms with Crippen LogP contribution in [0.4, 0.5) is 0 Å². The highest BCUT2D eigenvalue weighted by Gasteiger charge is 2.15. The van der Waals surface area contributed by atoms with Crippen molar-refractivity contribution in [3.8, 4) is 0 Å². The molecule has 0 spiro atoms. The largest absolute Gasteiger partial charge is 0.314 e. The highest BCUT2D eigenvalue weighted by atomic mass is 79.9. The lowest BCUT2D eigenvalue weighted by Gasteiger charge is -2.08. The second-order valence-corrected chi connectivity index (χ2v) is 4.68. The van der Waals surface area contributed by atoms with Gasteiger partial charge >= 0.3 is 0 Å². The smallest absolute Gasteiger partial charge is 0.165 e. The van der Waals surface area contributed by atoms with Crippen LogP contribution in [0.25, 0.3) is 0 Å². The van der Waals surface area contributed by atoms with Crippen LogP contribution in [0.5, 0.6) is 0 Å². The molecule has 2 rings (SSSR count). The van der Waals surface area contributed by atoms with Crippen LogP contribution >= 0.6 is 27.5 Å². The summed E-state index contributed by atoms with van der Waals surface area (Å²) < 4.78 is 0.821. The van der Waals surface area contributed by atoms with Crippen LogP contribution in [-0.2, 0) is 6.42 Å². The van der Waals surface area contributed by atoms with Gasteiger partial charge in [0.25, 0.3) is 0 Å². The lowest BCUT2D eigenvalue weighted by atomic mass is 10.1. The van der Waals surface area contributed by atoms with E-state index < -0.39 is 0 Å². The average molecular weight is 277 g/mol.